The first kappa shape index (κ1) is 13.9. The molecule has 0 bridgehead atoms. The van der Waals surface area contributed by atoms with Crippen LogP contribution in [0.15, 0.2) is 0 Å². The minimum atomic E-state index is 0.724. The molecule has 0 spiro atoms. The Morgan fingerprint density at radius 2 is 1.50 bits per heavy atom. The van der Waals surface area contributed by atoms with Crippen LogP contribution in [-0.2, 0) is 4.74 Å². The molecule has 0 saturated heterocycles. The molecule has 2 nitrogen and oxygen atoms in total. The number of hydrogen-bond acceptors (Lipinski definition) is 1. The van der Waals surface area contributed by atoms with Crippen LogP contribution in [0.4, 0.5) is 0 Å². The van der Waals surface area contributed by atoms with Crippen molar-refractivity contribution < 1.29 is 9.22 Å². The van der Waals surface area contributed by atoms with Gasteiger partial charge in [0.15, 0.2) is 0 Å². The van der Waals surface area contributed by atoms with Gasteiger partial charge in [0.1, 0.15) is 0 Å². The maximum atomic E-state index is 5.42. The minimum absolute atomic E-state index is 0.724. The molecule has 0 fully saturated rings. The largest absolute Gasteiger partial charge is 0.381 e. The smallest absolute Gasteiger partial charge is 0.0883 e. The molecule has 0 amide bonds. The summed E-state index contributed by atoms with van der Waals surface area (Å²) < 4.78 is 6.65. The van der Waals surface area contributed by atoms with Crippen molar-refractivity contribution in [1.82, 2.24) is 0 Å². The van der Waals surface area contributed by atoms with E-state index in [4.69, 9.17) is 4.74 Å². The van der Waals surface area contributed by atoms with Crippen molar-refractivity contribution >= 4 is 0 Å². The first-order chi connectivity index (χ1) is 6.66. The van der Waals surface area contributed by atoms with Gasteiger partial charge in [-0.3, -0.25) is 0 Å². The summed E-state index contributed by atoms with van der Waals surface area (Å²) in [5.41, 5.74) is 0. The van der Waals surface area contributed by atoms with Gasteiger partial charge in [0.2, 0.25) is 0 Å². The molecule has 0 radical (unpaired) electrons. The summed E-state index contributed by atoms with van der Waals surface area (Å²) in [7, 11) is 0. The molecule has 0 N–H and O–H groups in total. The van der Waals surface area contributed by atoms with Gasteiger partial charge in [-0.15, -0.1) is 0 Å². The number of quaternary nitrogens is 1. The SMILES string of the molecule is CCOCCC(C)[N+](CC)(CC)CC. The van der Waals surface area contributed by atoms with E-state index in [0.717, 1.165) is 19.3 Å². The lowest BCUT2D eigenvalue weighted by atomic mass is 10.1. The van der Waals surface area contributed by atoms with E-state index >= 15 is 0 Å². The highest BCUT2D eigenvalue weighted by molar-refractivity contribution is 4.53. The molecule has 14 heavy (non-hydrogen) atoms. The van der Waals surface area contributed by atoms with Crippen molar-refractivity contribution in [3.8, 4) is 0 Å². The van der Waals surface area contributed by atoms with Crippen molar-refractivity contribution in [3.05, 3.63) is 0 Å². The predicted octanol–water partition coefficient (Wildman–Crippen LogP) is 2.68. The van der Waals surface area contributed by atoms with Crippen LogP contribution in [-0.4, -0.2) is 43.4 Å². The van der Waals surface area contributed by atoms with Crippen LogP contribution in [0.25, 0.3) is 0 Å². The van der Waals surface area contributed by atoms with Gasteiger partial charge in [0.05, 0.1) is 32.3 Å². The molecule has 0 aliphatic rings. The summed E-state index contributed by atoms with van der Waals surface area (Å²) in [5, 5.41) is 0. The zero-order valence-electron chi connectivity index (χ0n) is 10.7. The Hall–Kier alpha value is -0.0800. The molecule has 1 unspecified atom stereocenters. The predicted molar refractivity (Wildman–Crippen MR) is 62.5 cm³/mol. The number of ether oxygens (including phenoxy) is 1. The third-order valence-electron chi connectivity index (χ3n) is 3.71. The van der Waals surface area contributed by atoms with Crippen LogP contribution in [0, 0.1) is 0 Å². The maximum absolute atomic E-state index is 5.42. The second-order valence-electron chi connectivity index (χ2n) is 4.00. The van der Waals surface area contributed by atoms with Gasteiger partial charge in [-0.05, 0) is 34.6 Å². The molecule has 0 heterocycles. The Balaban J connectivity index is 4.07. The number of hydrogen-bond donors (Lipinski definition) is 0. The molecule has 0 saturated carbocycles. The molecule has 0 aromatic heterocycles. The Labute approximate surface area is 89.8 Å². The first-order valence-electron chi connectivity index (χ1n) is 6.10. The van der Waals surface area contributed by atoms with E-state index in [1.807, 2.05) is 0 Å². The third kappa shape index (κ3) is 3.58. The molecule has 0 rings (SSSR count). The van der Waals surface area contributed by atoms with Gasteiger partial charge in [-0.1, -0.05) is 0 Å². The maximum Gasteiger partial charge on any atom is 0.0883 e. The van der Waals surface area contributed by atoms with Crippen molar-refractivity contribution in [2.45, 2.75) is 47.1 Å². The van der Waals surface area contributed by atoms with Crippen molar-refractivity contribution in [1.29, 1.82) is 0 Å². The average molecular weight is 202 g/mol. The van der Waals surface area contributed by atoms with Crippen LogP contribution in [0.5, 0.6) is 0 Å². The molecule has 2 heteroatoms. The van der Waals surface area contributed by atoms with E-state index in [9.17, 15) is 0 Å². The Kier molecular flexibility index (Phi) is 7.20. The molecule has 86 valence electrons. The van der Waals surface area contributed by atoms with E-state index in [1.54, 1.807) is 0 Å². The first-order valence-corrected chi connectivity index (χ1v) is 6.10. The van der Waals surface area contributed by atoms with E-state index in [1.165, 1.54) is 30.5 Å². The zero-order chi connectivity index (χ0) is 11.0. The van der Waals surface area contributed by atoms with Gasteiger partial charge in [0, 0.05) is 13.0 Å². The molecule has 0 aliphatic carbocycles. The summed E-state index contributed by atoms with van der Waals surface area (Å²) in [5.74, 6) is 0. The molecular formula is C12H28NO+. The van der Waals surface area contributed by atoms with E-state index < -0.39 is 0 Å². The van der Waals surface area contributed by atoms with Gasteiger partial charge >= 0.3 is 0 Å². The third-order valence-corrected chi connectivity index (χ3v) is 3.71. The minimum Gasteiger partial charge on any atom is -0.381 e. The van der Waals surface area contributed by atoms with Crippen LogP contribution in [0.2, 0.25) is 0 Å². The lowest BCUT2D eigenvalue weighted by Gasteiger charge is -2.41. The fourth-order valence-corrected chi connectivity index (χ4v) is 2.28. The standard InChI is InChI=1S/C12H28NO/c1-6-13(7-2,8-3)12(5)10-11-14-9-4/h12H,6-11H2,1-5H3/q+1. The highest BCUT2D eigenvalue weighted by atomic mass is 16.5. The average Bonchev–Trinajstić information content (AvgIpc) is 2.22. The van der Waals surface area contributed by atoms with Gasteiger partial charge in [0.25, 0.3) is 0 Å². The topological polar surface area (TPSA) is 9.23 Å². The Bertz CT molecular complexity index is 124. The lowest BCUT2D eigenvalue weighted by molar-refractivity contribution is -0.945. The zero-order valence-corrected chi connectivity index (χ0v) is 10.7. The fraction of sp³-hybridized carbons (Fsp3) is 1.00. The van der Waals surface area contributed by atoms with E-state index in [0.29, 0.717) is 0 Å². The summed E-state index contributed by atoms with van der Waals surface area (Å²) in [6.45, 7) is 16.8. The molecular weight excluding hydrogens is 174 g/mol. The Morgan fingerprint density at radius 3 is 1.86 bits per heavy atom. The fourth-order valence-electron chi connectivity index (χ4n) is 2.28. The van der Waals surface area contributed by atoms with Crippen molar-refractivity contribution in [2.24, 2.45) is 0 Å². The molecule has 1 atom stereocenters. The number of rotatable bonds is 8. The van der Waals surface area contributed by atoms with Crippen molar-refractivity contribution in [3.63, 3.8) is 0 Å². The highest BCUT2D eigenvalue weighted by Gasteiger charge is 2.27. The quantitative estimate of drug-likeness (QED) is 0.434. The van der Waals surface area contributed by atoms with Crippen molar-refractivity contribution in [2.75, 3.05) is 32.8 Å². The van der Waals surface area contributed by atoms with E-state index in [-0.39, 0.29) is 0 Å². The van der Waals surface area contributed by atoms with Crippen LogP contribution >= 0.6 is 0 Å². The monoisotopic (exact) mass is 202 g/mol. The van der Waals surface area contributed by atoms with Gasteiger partial charge in [-0.2, -0.15) is 0 Å². The molecule has 0 aromatic carbocycles. The summed E-state index contributed by atoms with van der Waals surface area (Å²) in [4.78, 5) is 0. The van der Waals surface area contributed by atoms with Gasteiger partial charge < -0.3 is 9.22 Å². The second kappa shape index (κ2) is 7.24. The highest BCUT2D eigenvalue weighted by Crippen LogP contribution is 2.15. The Morgan fingerprint density at radius 1 is 1.00 bits per heavy atom. The summed E-state index contributed by atoms with van der Waals surface area (Å²) >= 11 is 0. The summed E-state index contributed by atoms with van der Waals surface area (Å²) in [6.07, 6.45) is 1.18. The van der Waals surface area contributed by atoms with Crippen LogP contribution in [0.1, 0.15) is 41.0 Å². The number of nitrogens with zero attached hydrogens (tertiary/aromatic N) is 1. The second-order valence-corrected chi connectivity index (χ2v) is 4.00. The van der Waals surface area contributed by atoms with Crippen LogP contribution < -0.4 is 0 Å². The summed E-state index contributed by atoms with van der Waals surface area (Å²) in [6, 6.07) is 0.724. The molecule has 0 aliphatic heterocycles. The van der Waals surface area contributed by atoms with Gasteiger partial charge in [-0.25, -0.2) is 0 Å². The lowest BCUT2D eigenvalue weighted by Crippen LogP contribution is -2.54. The normalized spacial score (nSPS) is 14.4. The molecule has 0 aromatic rings. The van der Waals surface area contributed by atoms with Crippen LogP contribution in [0.3, 0.4) is 0 Å². The van der Waals surface area contributed by atoms with E-state index in [2.05, 4.69) is 34.6 Å².